The van der Waals surface area contributed by atoms with E-state index in [9.17, 15) is 9.59 Å². The quantitative estimate of drug-likeness (QED) is 0.813. The molecule has 0 saturated carbocycles. The molecule has 0 saturated heterocycles. The third-order valence-electron chi connectivity index (χ3n) is 4.04. The van der Waals surface area contributed by atoms with Crippen molar-refractivity contribution in [1.82, 2.24) is 4.98 Å². The molecule has 1 aliphatic carbocycles. The molecule has 2 aromatic rings. The van der Waals surface area contributed by atoms with Crippen LogP contribution in [-0.2, 0) is 13.0 Å². The molecule has 1 aromatic heterocycles. The van der Waals surface area contributed by atoms with Crippen molar-refractivity contribution in [2.24, 2.45) is 5.73 Å². The number of aromatic amines is 1. The lowest BCUT2D eigenvalue weighted by Crippen LogP contribution is -2.19. The molecule has 1 amide bonds. The normalized spacial score (nSPS) is 13.8. The Morgan fingerprint density at radius 1 is 1.36 bits per heavy atom. The number of aryl methyl sites for hydroxylation is 2. The third-order valence-corrected chi connectivity index (χ3v) is 4.04. The first-order valence-corrected chi connectivity index (χ1v) is 7.44. The Hall–Kier alpha value is -2.40. The summed E-state index contributed by atoms with van der Waals surface area (Å²) in [6.07, 6.45) is 3.78. The molecule has 22 heavy (non-hydrogen) atoms. The molecular formula is C17H19N3O2. The van der Waals surface area contributed by atoms with Gasteiger partial charge in [0.15, 0.2) is 5.78 Å². The maximum Gasteiger partial charge on any atom is 0.257 e. The molecule has 0 atom stereocenters. The van der Waals surface area contributed by atoms with Gasteiger partial charge in [0.05, 0.1) is 11.1 Å². The zero-order valence-electron chi connectivity index (χ0n) is 12.5. The maximum absolute atomic E-state index is 12.5. The minimum atomic E-state index is -0.272. The van der Waals surface area contributed by atoms with E-state index in [4.69, 9.17) is 5.73 Å². The molecule has 0 fully saturated rings. The van der Waals surface area contributed by atoms with Crippen LogP contribution in [0.25, 0.3) is 0 Å². The number of H-pyrrole nitrogens is 1. The van der Waals surface area contributed by atoms with Crippen LogP contribution in [0.3, 0.4) is 0 Å². The molecule has 5 heteroatoms. The number of ketones is 1. The highest BCUT2D eigenvalue weighted by Gasteiger charge is 2.26. The van der Waals surface area contributed by atoms with Crippen LogP contribution in [0.1, 0.15) is 50.4 Å². The summed E-state index contributed by atoms with van der Waals surface area (Å²) in [6, 6.07) is 5.72. The van der Waals surface area contributed by atoms with Crippen molar-refractivity contribution in [3.05, 3.63) is 52.3 Å². The predicted molar refractivity (Wildman–Crippen MR) is 85.1 cm³/mol. The Balaban J connectivity index is 1.90. The number of carbonyl (C=O) groups is 2. The van der Waals surface area contributed by atoms with Crippen LogP contribution >= 0.6 is 0 Å². The van der Waals surface area contributed by atoms with E-state index in [1.165, 1.54) is 0 Å². The first-order valence-electron chi connectivity index (χ1n) is 7.44. The highest BCUT2D eigenvalue weighted by molar-refractivity contribution is 6.13. The minimum absolute atomic E-state index is 0.0376. The van der Waals surface area contributed by atoms with Gasteiger partial charge in [-0.25, -0.2) is 0 Å². The second-order valence-corrected chi connectivity index (χ2v) is 5.65. The summed E-state index contributed by atoms with van der Waals surface area (Å²) in [6.45, 7) is 2.33. The van der Waals surface area contributed by atoms with Gasteiger partial charge >= 0.3 is 0 Å². The zero-order valence-corrected chi connectivity index (χ0v) is 12.5. The fourth-order valence-corrected chi connectivity index (χ4v) is 2.91. The average molecular weight is 297 g/mol. The highest BCUT2D eigenvalue weighted by Crippen LogP contribution is 2.25. The van der Waals surface area contributed by atoms with Gasteiger partial charge in [0.25, 0.3) is 5.91 Å². The number of Topliss-reactive ketones (excluding diaryl/α,β-unsaturated/α-hetero) is 1. The summed E-state index contributed by atoms with van der Waals surface area (Å²) in [5.41, 5.74) is 10.2. The number of nitrogens with two attached hydrogens (primary N) is 1. The molecule has 0 aliphatic heterocycles. The maximum atomic E-state index is 12.5. The Morgan fingerprint density at radius 2 is 2.18 bits per heavy atom. The molecule has 0 bridgehead atoms. The van der Waals surface area contributed by atoms with E-state index >= 15 is 0 Å². The second kappa shape index (κ2) is 5.77. The monoisotopic (exact) mass is 297 g/mol. The van der Waals surface area contributed by atoms with Gasteiger partial charge < -0.3 is 16.0 Å². The number of hydrogen-bond donors (Lipinski definition) is 3. The summed E-state index contributed by atoms with van der Waals surface area (Å²) < 4.78 is 0. The molecule has 0 radical (unpaired) electrons. The van der Waals surface area contributed by atoms with Gasteiger partial charge in [0, 0.05) is 30.5 Å². The van der Waals surface area contributed by atoms with Crippen molar-refractivity contribution in [3.63, 3.8) is 0 Å². The van der Waals surface area contributed by atoms with Crippen molar-refractivity contribution >= 4 is 17.4 Å². The lowest BCUT2D eigenvalue weighted by Gasteiger charge is -2.13. The van der Waals surface area contributed by atoms with Crippen molar-refractivity contribution in [3.8, 4) is 0 Å². The largest absolute Gasteiger partial charge is 0.364 e. The number of nitrogens with one attached hydrogen (secondary N) is 2. The fourth-order valence-electron chi connectivity index (χ4n) is 2.91. The van der Waals surface area contributed by atoms with Crippen LogP contribution in [0.2, 0.25) is 0 Å². The molecule has 1 heterocycles. The summed E-state index contributed by atoms with van der Waals surface area (Å²) in [4.78, 5) is 27.6. The zero-order chi connectivity index (χ0) is 15.7. The van der Waals surface area contributed by atoms with E-state index in [1.54, 1.807) is 6.20 Å². The number of anilines is 1. The van der Waals surface area contributed by atoms with Gasteiger partial charge in [-0.05, 0) is 31.4 Å². The molecular weight excluding hydrogens is 278 g/mol. The van der Waals surface area contributed by atoms with Gasteiger partial charge in [-0.1, -0.05) is 17.7 Å². The Kier molecular flexibility index (Phi) is 3.81. The summed E-state index contributed by atoms with van der Waals surface area (Å²) in [7, 11) is 0. The number of rotatable bonds is 3. The van der Waals surface area contributed by atoms with Crippen LogP contribution in [0.5, 0.6) is 0 Å². The predicted octanol–water partition coefficient (Wildman–Crippen LogP) is 2.55. The van der Waals surface area contributed by atoms with Crippen LogP contribution in [-0.4, -0.2) is 16.7 Å². The van der Waals surface area contributed by atoms with Crippen LogP contribution < -0.4 is 11.1 Å². The number of hydrogen-bond acceptors (Lipinski definition) is 3. The van der Waals surface area contributed by atoms with E-state index in [0.717, 1.165) is 29.7 Å². The van der Waals surface area contributed by atoms with Gasteiger partial charge in [-0.15, -0.1) is 0 Å². The van der Waals surface area contributed by atoms with Crippen molar-refractivity contribution in [2.45, 2.75) is 32.7 Å². The Morgan fingerprint density at radius 3 is 2.95 bits per heavy atom. The standard InChI is InChI=1S/C17H19N3O2/c1-10-5-6-13(11(7-10)8-18)20-17(22)12-9-19-14-3-2-4-15(21)16(12)14/h5-7,9,19H,2-4,8,18H2,1H3,(H,20,22). The molecule has 0 spiro atoms. The lowest BCUT2D eigenvalue weighted by molar-refractivity contribution is 0.0956. The number of benzene rings is 1. The van der Waals surface area contributed by atoms with Crippen LogP contribution in [0.15, 0.2) is 24.4 Å². The van der Waals surface area contributed by atoms with E-state index in [-0.39, 0.29) is 11.7 Å². The van der Waals surface area contributed by atoms with E-state index in [2.05, 4.69) is 10.3 Å². The van der Waals surface area contributed by atoms with Gasteiger partial charge in [0.1, 0.15) is 0 Å². The number of aromatic nitrogens is 1. The first-order chi connectivity index (χ1) is 10.6. The molecule has 5 nitrogen and oxygen atoms in total. The Bertz CT molecular complexity index is 746. The SMILES string of the molecule is Cc1ccc(NC(=O)c2c[nH]c3c2C(=O)CCC3)c(CN)c1. The highest BCUT2D eigenvalue weighted by atomic mass is 16.2. The van der Waals surface area contributed by atoms with Gasteiger partial charge in [-0.2, -0.15) is 0 Å². The second-order valence-electron chi connectivity index (χ2n) is 5.65. The lowest BCUT2D eigenvalue weighted by atomic mass is 9.93. The van der Waals surface area contributed by atoms with Crippen molar-refractivity contribution < 1.29 is 9.59 Å². The van der Waals surface area contributed by atoms with Gasteiger partial charge in [-0.3, -0.25) is 9.59 Å². The van der Waals surface area contributed by atoms with Crippen molar-refractivity contribution in [2.75, 3.05) is 5.32 Å². The van der Waals surface area contributed by atoms with E-state index < -0.39 is 0 Å². The number of carbonyl (C=O) groups excluding carboxylic acids is 2. The summed E-state index contributed by atoms with van der Waals surface area (Å²) in [5.74, 6) is -0.234. The fraction of sp³-hybridized carbons (Fsp3) is 0.294. The summed E-state index contributed by atoms with van der Waals surface area (Å²) >= 11 is 0. The van der Waals surface area contributed by atoms with Crippen LogP contribution in [0.4, 0.5) is 5.69 Å². The molecule has 4 N–H and O–H groups in total. The smallest absolute Gasteiger partial charge is 0.257 e. The number of fused-ring (bicyclic) bond motifs is 1. The summed E-state index contributed by atoms with van der Waals surface area (Å²) in [5, 5.41) is 2.87. The van der Waals surface area contributed by atoms with E-state index in [1.807, 2.05) is 25.1 Å². The van der Waals surface area contributed by atoms with Crippen LogP contribution in [0, 0.1) is 6.92 Å². The molecule has 114 valence electrons. The van der Waals surface area contributed by atoms with Crippen molar-refractivity contribution in [1.29, 1.82) is 0 Å². The first kappa shape index (κ1) is 14.5. The average Bonchev–Trinajstić information content (AvgIpc) is 2.94. The molecule has 1 aromatic carbocycles. The minimum Gasteiger partial charge on any atom is -0.364 e. The third kappa shape index (κ3) is 2.55. The van der Waals surface area contributed by atoms with E-state index in [0.29, 0.717) is 29.8 Å². The topological polar surface area (TPSA) is 88.0 Å². The Labute approximate surface area is 128 Å². The molecule has 1 aliphatic rings. The number of amides is 1. The molecule has 3 rings (SSSR count). The molecule has 0 unspecified atom stereocenters. The van der Waals surface area contributed by atoms with Gasteiger partial charge in [0.2, 0.25) is 0 Å².